The van der Waals surface area contributed by atoms with Crippen molar-refractivity contribution in [2.75, 3.05) is 0 Å². The number of rotatable bonds is 96. The zero-order chi connectivity index (χ0) is 93.9. The van der Waals surface area contributed by atoms with Crippen LogP contribution in [0.3, 0.4) is 0 Å². The molecule has 0 saturated carbocycles. The monoisotopic (exact) mass is 1960 g/mol. The molecule has 0 aromatic rings. The van der Waals surface area contributed by atoms with E-state index in [1.165, 1.54) is 205 Å². The van der Waals surface area contributed by atoms with Crippen LogP contribution in [0.2, 0.25) is 320 Å². The van der Waals surface area contributed by atoms with Gasteiger partial charge >= 0.3 is 290 Å². The topological polar surface area (TPSA) is 0 Å². The molecule has 0 fully saturated rings. The van der Waals surface area contributed by atoms with Crippen LogP contribution in [0.25, 0.3) is 0 Å². The van der Waals surface area contributed by atoms with Gasteiger partial charge in [0.05, 0.1) is 48.4 Å². The molecule has 0 spiro atoms. The van der Waals surface area contributed by atoms with Crippen LogP contribution in [0.5, 0.6) is 0 Å². The van der Waals surface area contributed by atoms with Crippen LogP contribution in [0, 0.1) is 0 Å². The van der Waals surface area contributed by atoms with Gasteiger partial charge in [0.1, 0.15) is 0 Å². The fourth-order valence-electron chi connectivity index (χ4n) is 26.3. The molecule has 0 aliphatic rings. The molecule has 1 atom stereocenters. The summed E-state index contributed by atoms with van der Waals surface area (Å²) in [6.45, 7) is 76.2. The molecular formula is C112H253Si13-. The van der Waals surface area contributed by atoms with Crippen LogP contribution < -0.4 is 0 Å². The van der Waals surface area contributed by atoms with Crippen LogP contribution in [0.4, 0.5) is 0 Å². The summed E-state index contributed by atoms with van der Waals surface area (Å²) in [6, 6.07) is 66.7. The van der Waals surface area contributed by atoms with Gasteiger partial charge in [0.25, 0.3) is 0 Å². The molecule has 0 aliphatic carbocycles. The molecular weight excluding hydrogens is 1710 g/mol. The van der Waals surface area contributed by atoms with E-state index in [1.54, 1.807) is 319 Å². The van der Waals surface area contributed by atoms with E-state index in [0.29, 0.717) is 0 Å². The molecule has 0 saturated heterocycles. The molecule has 0 bridgehead atoms. The van der Waals surface area contributed by atoms with E-state index in [4.69, 9.17) is 0 Å². The third-order valence-corrected chi connectivity index (χ3v) is 99.5. The molecule has 0 rings (SSSR count). The van der Waals surface area contributed by atoms with Crippen molar-refractivity contribution in [3.63, 3.8) is 0 Å². The third-order valence-electron chi connectivity index (χ3n) is 36.9. The zero-order valence-electron chi connectivity index (χ0n) is 94.0. The molecule has 0 aromatic carbocycles. The van der Waals surface area contributed by atoms with Gasteiger partial charge in [-0.2, -0.15) is 0 Å². The molecule has 13 heteroatoms. The van der Waals surface area contributed by atoms with Crippen LogP contribution in [-0.2, 0) is 0 Å². The van der Waals surface area contributed by atoms with E-state index < -0.39 is 105 Å². The first-order valence-electron chi connectivity index (χ1n) is 59.7. The summed E-state index contributed by atoms with van der Waals surface area (Å²) in [5.41, 5.74) is 0. The second-order valence-electron chi connectivity index (χ2n) is 51.5. The zero-order valence-corrected chi connectivity index (χ0v) is 107. The summed E-state index contributed by atoms with van der Waals surface area (Å²) in [4.78, 5) is 0. The molecule has 125 heavy (non-hydrogen) atoms. The quantitative estimate of drug-likeness (QED) is 0.0533. The fraction of sp³-hybridized carbons (Fsp3) is 1.00. The first-order valence-corrected chi connectivity index (χ1v) is 100. The van der Waals surface area contributed by atoms with Gasteiger partial charge < -0.3 is 0 Å². The number of hydrogen-bond acceptors (Lipinski definition) is 0. The van der Waals surface area contributed by atoms with Crippen molar-refractivity contribution in [1.82, 2.24) is 0 Å². The maximum absolute atomic E-state index is 3.14. The van der Waals surface area contributed by atoms with Crippen molar-refractivity contribution in [2.24, 2.45) is 0 Å². The Morgan fingerprint density at radius 2 is 0.200 bits per heavy atom. The Bertz CT molecular complexity index is 1890. The Hall–Kier alpha value is 2.82. The van der Waals surface area contributed by atoms with E-state index in [2.05, 4.69) is 189 Å². The van der Waals surface area contributed by atoms with Gasteiger partial charge in [-0.05, 0) is 0 Å². The summed E-state index contributed by atoms with van der Waals surface area (Å²) in [5.74, 6) is 0. The summed E-state index contributed by atoms with van der Waals surface area (Å²) >= 11 is 0. The fourth-order valence-corrected chi connectivity index (χ4v) is 85.4. The van der Waals surface area contributed by atoms with Crippen molar-refractivity contribution in [3.8, 4) is 0 Å². The Kier molecular flexibility index (Phi) is 75.6. The van der Waals surface area contributed by atoms with Crippen LogP contribution in [-0.4, -0.2) is 105 Å². The molecule has 0 aromatic heterocycles. The van der Waals surface area contributed by atoms with Crippen molar-refractivity contribution >= 4 is 105 Å². The van der Waals surface area contributed by atoms with Gasteiger partial charge in [0, 0.05) is 0 Å². The van der Waals surface area contributed by atoms with E-state index in [-0.39, 0.29) is 0 Å². The summed E-state index contributed by atoms with van der Waals surface area (Å²) < 4.78 is 0. The average Bonchev–Trinajstić information content (AvgIpc) is 0.739. The van der Waals surface area contributed by atoms with Crippen LogP contribution in [0.15, 0.2) is 0 Å². The molecule has 754 valence electrons. The minimum absolute atomic E-state index is 1.25. The number of unbranched alkanes of at least 4 members (excludes halogenated alkanes) is 16. The summed E-state index contributed by atoms with van der Waals surface area (Å²) in [5, 5.41) is 0. The van der Waals surface area contributed by atoms with Gasteiger partial charge in [-0.25, -0.2) is 0 Å². The predicted octanol–water partition coefficient (Wildman–Crippen LogP) is 45.6. The van der Waals surface area contributed by atoms with Gasteiger partial charge in [0.2, 0.25) is 0 Å². The molecule has 0 N–H and O–H groups in total. The Balaban J connectivity index is 9.54. The predicted molar refractivity (Wildman–Crippen MR) is 633 cm³/mol. The van der Waals surface area contributed by atoms with Gasteiger partial charge in [-0.15, -0.1) is 0 Å². The number of hydrogen-bond donors (Lipinski definition) is 0. The standard InChI is InChI=1S/C112H253Si13/c1-29-45-73-113(17,74-46-30-2)89-61-97-121(25,98-62-90-114(18,75-47-31-3)76-48-32-4)105-69-109-125(110-70-106-122(26,99-63-91-115(19,77-49-33-5)78-50-34-6)100-64-92-116(20,79-51-35-7)80-52-36-8,111-71-107-123(27,101-65-93-117(21,81-53-37-9)82-54-38-10)102-66-94-118(22,83-55-39-11)84-56-40-12)112-72-108-124(28,103-67-95-119(23,85-57-41-13)86-58-42-14)104-68-96-120(24,87-59-43-15)88-60-44-16/h113H,29-112H2,1-28H3/q-1. The second-order valence-corrected chi connectivity index (χ2v) is 119. The molecule has 1 unspecified atom stereocenters. The van der Waals surface area contributed by atoms with Gasteiger partial charge in [0.15, 0.2) is 0 Å². The average molecular weight is 1970 g/mol. The van der Waals surface area contributed by atoms with E-state index in [1.807, 2.05) is 0 Å². The first kappa shape index (κ1) is 128. The van der Waals surface area contributed by atoms with Crippen molar-refractivity contribution in [3.05, 3.63) is 0 Å². The SMILES string of the molecule is CCCC[Si](C)(CCCC)CCC[Si](C)(CCC[Si](C)(CCCC)CCCC)CCC[Si](CCC[Si](C)(CCC[Si](C)(CCCC)CCCC)CCC[Si](C)(CCCC)CCCC)(CCC[Si](C)(CCC[Si](C)(CCCC)CCCC)CCC[Si](C)(CCCC)CCCC)CCC[Si](C)(CCC[Si](C)(CCCC)CCCC)CCC[SiH-](C)(CCCC)CCCC. The van der Waals surface area contributed by atoms with Crippen molar-refractivity contribution in [2.45, 2.75) is 714 Å². The van der Waals surface area contributed by atoms with Crippen LogP contribution in [0.1, 0.15) is 393 Å². The Morgan fingerprint density at radius 1 is 0.112 bits per heavy atom. The molecule has 0 aliphatic heterocycles. The van der Waals surface area contributed by atoms with Crippen molar-refractivity contribution in [1.29, 1.82) is 0 Å². The molecule has 0 heterocycles. The van der Waals surface area contributed by atoms with Gasteiger partial charge in [-0.3, -0.25) is 0 Å². The van der Waals surface area contributed by atoms with Gasteiger partial charge in [-0.1, -0.05) is 480 Å². The van der Waals surface area contributed by atoms with Crippen LogP contribution >= 0.6 is 0 Å². The summed E-state index contributed by atoms with van der Waals surface area (Å²) in [6.07, 6.45) is 66.3. The van der Waals surface area contributed by atoms with E-state index in [0.717, 1.165) is 0 Å². The Morgan fingerprint density at radius 3 is 0.312 bits per heavy atom. The maximum atomic E-state index is 3.14. The Labute approximate surface area is 811 Å². The first-order chi connectivity index (χ1) is 59.5. The normalized spacial score (nSPS) is 14.2. The minimum atomic E-state index is -1.78. The third kappa shape index (κ3) is 61.8. The van der Waals surface area contributed by atoms with E-state index >= 15 is 0 Å². The molecule has 0 amide bonds. The second kappa shape index (κ2) is 73.9. The molecule has 0 radical (unpaired) electrons. The van der Waals surface area contributed by atoms with Crippen molar-refractivity contribution < 1.29 is 0 Å². The van der Waals surface area contributed by atoms with E-state index in [9.17, 15) is 0 Å². The summed E-state index contributed by atoms with van der Waals surface area (Å²) in [7, 11) is -18.3. The molecule has 0 nitrogen and oxygen atoms in total.